The molecule has 0 aromatic rings. The van der Waals surface area contributed by atoms with Crippen molar-refractivity contribution in [3.05, 3.63) is 0 Å². The quantitative estimate of drug-likeness (QED) is 0.150. The molecule has 0 saturated heterocycles. The van der Waals surface area contributed by atoms with Gasteiger partial charge in [-0.1, -0.05) is 34.6 Å². The van der Waals surface area contributed by atoms with Gasteiger partial charge in [0.25, 0.3) is 40.5 Å². The fourth-order valence-corrected chi connectivity index (χ4v) is 9.97. The van der Waals surface area contributed by atoms with Gasteiger partial charge >= 0.3 is 0 Å². The molecule has 0 heterocycles. The van der Waals surface area contributed by atoms with E-state index < -0.39 is 85.1 Å². The van der Waals surface area contributed by atoms with Gasteiger partial charge in [-0.2, -0.15) is 33.7 Å². The maximum Gasteiger partial charge on any atom is 0.296 e. The van der Waals surface area contributed by atoms with Crippen LogP contribution in [0.15, 0.2) is 0 Å². The summed E-state index contributed by atoms with van der Waals surface area (Å²) < 4.78 is 113. The molecule has 206 valence electrons. The lowest BCUT2D eigenvalue weighted by atomic mass is 9.84. The summed E-state index contributed by atoms with van der Waals surface area (Å²) in [6.07, 6.45) is 0. The molecule has 0 aliphatic rings. The van der Waals surface area contributed by atoms with Crippen LogP contribution in [0.2, 0.25) is 0 Å². The summed E-state index contributed by atoms with van der Waals surface area (Å²) in [5, 5.41) is 27.3. The first kappa shape index (κ1) is 33.5. The molecule has 0 aliphatic heterocycles. The van der Waals surface area contributed by atoms with Gasteiger partial charge in [0, 0.05) is 0 Å². The van der Waals surface area contributed by atoms with Crippen LogP contribution < -0.4 is 0 Å². The first-order chi connectivity index (χ1) is 15.2. The number of hydrogen-bond donors (Lipinski definition) is 4. The molecule has 0 bridgehead atoms. The molecule has 0 aromatic heterocycles. The smallest absolute Gasteiger partial charge is 0.235 e. The van der Waals surface area contributed by atoms with Crippen molar-refractivity contribution in [3.8, 4) is 0 Å². The van der Waals surface area contributed by atoms with Gasteiger partial charge in [0.05, 0.1) is 21.0 Å². The zero-order valence-electron chi connectivity index (χ0n) is 18.9. The van der Waals surface area contributed by atoms with E-state index in [1.165, 1.54) is 13.8 Å². The van der Waals surface area contributed by atoms with Crippen LogP contribution >= 0.6 is 0 Å². The minimum absolute atomic E-state index is 0.902. The highest BCUT2D eigenvalue weighted by Crippen LogP contribution is 2.38. The van der Waals surface area contributed by atoms with Crippen molar-refractivity contribution in [3.63, 3.8) is 0 Å². The Morgan fingerprint density at radius 1 is 0.441 bits per heavy atom. The molecule has 0 radical (unpaired) electrons. The summed E-state index contributed by atoms with van der Waals surface area (Å²) in [6, 6.07) is 0. The molecule has 0 fully saturated rings. The molecular weight excluding hydrogens is 552 g/mol. The minimum Gasteiger partial charge on any atom is -0.235 e. The molecule has 20 heteroatoms. The summed E-state index contributed by atoms with van der Waals surface area (Å²) in [7, 11) is -20.1. The minimum atomic E-state index is -5.20. The summed E-state index contributed by atoms with van der Waals surface area (Å²) in [6.45, 7) is 6.46. The van der Waals surface area contributed by atoms with Gasteiger partial charge in [0.15, 0.2) is 0 Å². The second kappa shape index (κ2) is 12.1. The van der Waals surface area contributed by atoms with Crippen LogP contribution in [0, 0.1) is 23.7 Å². The van der Waals surface area contributed by atoms with E-state index in [0.717, 1.165) is 27.7 Å². The van der Waals surface area contributed by atoms with E-state index in [1.54, 1.807) is 0 Å². The Hall–Kier alpha value is -0.520. The van der Waals surface area contributed by atoms with Crippen LogP contribution in [-0.4, -0.2) is 75.7 Å². The Morgan fingerprint density at radius 2 is 0.706 bits per heavy atom. The molecule has 7 atom stereocenters. The van der Waals surface area contributed by atoms with E-state index in [2.05, 4.69) is 17.3 Å². The molecular formula is C14H30O16S4. The summed E-state index contributed by atoms with van der Waals surface area (Å²) >= 11 is 0. The average molecular weight is 583 g/mol. The molecule has 7 unspecified atom stereocenters. The Kier molecular flexibility index (Phi) is 12.0. The van der Waals surface area contributed by atoms with E-state index in [1.807, 2.05) is 0 Å². The highest BCUT2D eigenvalue weighted by atomic mass is 32.2. The lowest BCUT2D eigenvalue weighted by molar-refractivity contribution is -0.136. The van der Waals surface area contributed by atoms with E-state index in [0.29, 0.717) is 0 Å². The van der Waals surface area contributed by atoms with Crippen molar-refractivity contribution in [2.24, 2.45) is 23.7 Å². The molecule has 34 heavy (non-hydrogen) atoms. The van der Waals surface area contributed by atoms with E-state index in [4.69, 9.17) is 21.0 Å². The summed E-state index contributed by atoms with van der Waals surface area (Å²) in [5.74, 6) is -6.14. The maximum absolute atomic E-state index is 12.6. The molecule has 16 nitrogen and oxygen atoms in total. The largest absolute Gasteiger partial charge is 0.296 e. The molecule has 0 saturated carbocycles. The first-order valence-corrected chi connectivity index (χ1v) is 15.4. The van der Waals surface area contributed by atoms with Gasteiger partial charge in [-0.3, -0.25) is 0 Å². The zero-order valence-corrected chi connectivity index (χ0v) is 22.2. The highest BCUT2D eigenvalue weighted by Gasteiger charge is 2.53. The molecule has 4 N–H and O–H groups in total. The van der Waals surface area contributed by atoms with Crippen molar-refractivity contribution < 1.29 is 72.0 Å². The van der Waals surface area contributed by atoms with Crippen LogP contribution in [0.4, 0.5) is 0 Å². The lowest BCUT2D eigenvalue weighted by Gasteiger charge is -2.38. The van der Waals surface area contributed by atoms with Crippen LogP contribution in [0.3, 0.4) is 0 Å². The highest BCUT2D eigenvalue weighted by molar-refractivity contribution is 7.89. The summed E-state index contributed by atoms with van der Waals surface area (Å²) in [4.78, 5) is 0. The Morgan fingerprint density at radius 3 is 1.00 bits per heavy atom. The fourth-order valence-electron chi connectivity index (χ4n) is 4.33. The van der Waals surface area contributed by atoms with Gasteiger partial charge in [-0.15, -0.1) is 17.3 Å². The molecule has 0 amide bonds. The Balaban J connectivity index is 7.11. The van der Waals surface area contributed by atoms with Crippen LogP contribution in [0.5, 0.6) is 0 Å². The number of rotatable bonds is 15. The van der Waals surface area contributed by atoms with E-state index in [9.17, 15) is 33.7 Å². The third-order valence-corrected chi connectivity index (χ3v) is 12.7. The predicted octanol–water partition coefficient (Wildman–Crippen LogP) is 0.323. The fraction of sp³-hybridized carbons (Fsp3) is 1.00. The van der Waals surface area contributed by atoms with Gasteiger partial charge < -0.3 is 0 Å². The van der Waals surface area contributed by atoms with E-state index >= 15 is 0 Å². The van der Waals surface area contributed by atoms with Crippen molar-refractivity contribution in [1.82, 2.24) is 0 Å². The van der Waals surface area contributed by atoms with Gasteiger partial charge in [-0.05, 0) is 30.6 Å². The topological polar surface area (TPSA) is 254 Å². The Labute approximate surface area is 198 Å². The molecule has 0 spiro atoms. The van der Waals surface area contributed by atoms with Crippen LogP contribution in [-0.2, 0) is 57.8 Å². The standard InChI is InChI=1S/C14H30O16S4/c1-7(2)12(32(21,22)28-16)9(4)14(34(25,26)30-18)10(5)13(33(23,24)29-17)8(3)11(6)31(19,20)27-15/h7-18H,1-6H3. The SMILES string of the molecule is CC(C)C(C(C)C(C(C)C(C(C)C(C)S(=O)(=O)OO)S(=O)(=O)OO)S(=O)(=O)OO)S(=O)(=O)OO. The third-order valence-electron chi connectivity index (χ3n) is 5.86. The Bertz CT molecular complexity index is 1080. The second-order valence-electron chi connectivity index (χ2n) is 8.19. The lowest BCUT2D eigenvalue weighted by Crippen LogP contribution is -2.53. The van der Waals surface area contributed by atoms with Gasteiger partial charge in [-0.25, -0.2) is 21.0 Å². The molecule has 0 aliphatic carbocycles. The second-order valence-corrected chi connectivity index (χ2v) is 15.1. The molecule has 0 aromatic carbocycles. The van der Waals surface area contributed by atoms with Crippen LogP contribution in [0.25, 0.3) is 0 Å². The van der Waals surface area contributed by atoms with Crippen molar-refractivity contribution in [1.29, 1.82) is 0 Å². The van der Waals surface area contributed by atoms with Crippen molar-refractivity contribution in [2.75, 3.05) is 0 Å². The zero-order chi connectivity index (χ0) is 27.4. The van der Waals surface area contributed by atoms with Crippen LogP contribution in [0.1, 0.15) is 41.5 Å². The normalized spacial score (nSPS) is 20.3. The predicted molar refractivity (Wildman–Crippen MR) is 114 cm³/mol. The van der Waals surface area contributed by atoms with Crippen molar-refractivity contribution >= 4 is 40.5 Å². The first-order valence-electron chi connectivity index (χ1n) is 9.47. The van der Waals surface area contributed by atoms with Gasteiger partial charge in [0.1, 0.15) is 0 Å². The molecule has 0 rings (SSSR count). The third kappa shape index (κ3) is 7.26. The van der Waals surface area contributed by atoms with Gasteiger partial charge in [0.2, 0.25) is 0 Å². The summed E-state index contributed by atoms with van der Waals surface area (Å²) in [5.41, 5.74) is 0. The maximum atomic E-state index is 12.6. The average Bonchev–Trinajstić information content (AvgIpc) is 2.72. The van der Waals surface area contributed by atoms with E-state index in [-0.39, 0.29) is 0 Å². The number of hydrogen-bond acceptors (Lipinski definition) is 16. The van der Waals surface area contributed by atoms with Crippen molar-refractivity contribution in [2.45, 2.75) is 62.5 Å². The monoisotopic (exact) mass is 582 g/mol.